The smallest absolute Gasteiger partial charge is 0.446 e. The number of primary amides is 2. The van der Waals surface area contributed by atoms with Crippen LogP contribution in [0.15, 0.2) is 121 Å². The SMILES string of the molecule is C.COc1ccc(Cn2nc(N[C@@H]3CCN(C(=O)/C=C/CN(C)C)C3)c3c(Oc4ccc(C)cc4C(N)=O)cccc32)cc1.Cc1ccc(Oc2cccc3[nH]nc(N[C@@H]4CCN(C(=O)/C=C/CN(C)C)C4)c23)c(C(N)=O)c1.O=CC(F)(F)F. The van der Waals surface area contributed by atoms with Gasteiger partial charge in [-0.25, -0.2) is 0 Å². The zero-order valence-corrected chi connectivity index (χ0v) is 47.3. The Labute approximate surface area is 486 Å². The van der Waals surface area contributed by atoms with Gasteiger partial charge >= 0.3 is 6.18 Å². The summed E-state index contributed by atoms with van der Waals surface area (Å²) < 4.78 is 51.0. The van der Waals surface area contributed by atoms with Crippen molar-refractivity contribution in [2.24, 2.45) is 11.5 Å². The number of aromatic nitrogens is 4. The van der Waals surface area contributed by atoms with Crippen LogP contribution in [0.5, 0.6) is 28.7 Å². The summed E-state index contributed by atoms with van der Waals surface area (Å²) in [6.07, 6.45) is 2.93. The third-order valence-corrected chi connectivity index (χ3v) is 13.3. The van der Waals surface area contributed by atoms with Gasteiger partial charge in [-0.3, -0.25) is 33.8 Å². The number of nitrogens with two attached hydrogens (primary N) is 2. The molecule has 20 nitrogen and oxygen atoms in total. The van der Waals surface area contributed by atoms with Gasteiger partial charge in [-0.2, -0.15) is 23.4 Å². The number of methoxy groups -OCH3 is 1. The Hall–Kier alpha value is -9.22. The predicted molar refractivity (Wildman–Crippen MR) is 319 cm³/mol. The number of carbonyl (C=O) groups excluding carboxylic acids is 5. The van der Waals surface area contributed by atoms with Crippen LogP contribution >= 0.6 is 0 Å². The molecule has 23 heteroatoms. The van der Waals surface area contributed by atoms with E-state index in [2.05, 4.69) is 20.8 Å². The number of ether oxygens (including phenoxy) is 3. The van der Waals surface area contributed by atoms with Gasteiger partial charge in [0, 0.05) is 63.5 Å². The Kier molecular flexibility index (Phi) is 22.2. The van der Waals surface area contributed by atoms with E-state index < -0.39 is 24.3 Å². The average molecular weight is 1160 g/mol. The molecule has 4 heterocycles. The number of fused-ring (bicyclic) bond motifs is 2. The maximum absolute atomic E-state index is 12.8. The van der Waals surface area contributed by atoms with E-state index in [0.29, 0.717) is 85.0 Å². The molecule has 7 N–H and O–H groups in total. The van der Waals surface area contributed by atoms with E-state index in [0.717, 1.165) is 63.6 Å². The first-order chi connectivity index (χ1) is 39.6. The highest BCUT2D eigenvalue weighted by atomic mass is 19.4. The van der Waals surface area contributed by atoms with Crippen molar-refractivity contribution in [3.8, 4) is 28.7 Å². The fourth-order valence-electron chi connectivity index (χ4n) is 9.21. The van der Waals surface area contributed by atoms with Gasteiger partial charge in [0.2, 0.25) is 18.1 Å². The van der Waals surface area contributed by atoms with Gasteiger partial charge in [-0.1, -0.05) is 67.1 Å². The van der Waals surface area contributed by atoms with Gasteiger partial charge in [-0.15, -0.1) is 0 Å². The minimum Gasteiger partial charge on any atom is -0.497 e. The molecule has 2 fully saturated rings. The fraction of sp³-hybridized carbons (Fsp3) is 0.328. The van der Waals surface area contributed by atoms with Crippen LogP contribution in [0.25, 0.3) is 21.8 Å². The van der Waals surface area contributed by atoms with E-state index in [1.54, 1.807) is 43.5 Å². The molecule has 0 spiro atoms. The third kappa shape index (κ3) is 17.4. The number of aldehydes is 1. The molecule has 0 aliphatic carbocycles. The molecule has 0 unspecified atom stereocenters. The van der Waals surface area contributed by atoms with E-state index in [4.69, 9.17) is 35.6 Å². The van der Waals surface area contributed by atoms with Crippen molar-refractivity contribution in [3.63, 3.8) is 0 Å². The number of hydrogen-bond acceptors (Lipinski definition) is 14. The molecule has 0 radical (unpaired) electrons. The molecule has 2 atom stereocenters. The number of rotatable bonds is 19. The predicted octanol–water partition coefficient (Wildman–Crippen LogP) is 8.70. The quantitative estimate of drug-likeness (QED) is 0.0376. The molecule has 2 aliphatic rings. The number of amides is 4. The third-order valence-electron chi connectivity index (χ3n) is 13.3. The topological polar surface area (TPSA) is 249 Å². The number of likely N-dealkylation sites (N-methyl/N-ethyl adjacent to an activating group) is 2. The molecule has 7 aromatic rings. The number of H-pyrrole nitrogens is 1. The number of anilines is 2. The maximum atomic E-state index is 12.8. The van der Waals surface area contributed by atoms with E-state index in [-0.39, 0.29) is 31.3 Å². The highest BCUT2D eigenvalue weighted by Crippen LogP contribution is 2.39. The summed E-state index contributed by atoms with van der Waals surface area (Å²) in [5, 5.41) is 21.0. The van der Waals surface area contributed by atoms with Gasteiger partial charge in [0.1, 0.15) is 28.7 Å². The molecule has 5 aromatic carbocycles. The zero-order chi connectivity index (χ0) is 60.0. The van der Waals surface area contributed by atoms with Crippen LogP contribution in [-0.4, -0.2) is 162 Å². The number of likely N-dealkylation sites (tertiary alicyclic amines) is 2. The van der Waals surface area contributed by atoms with E-state index in [1.165, 1.54) is 0 Å². The molecule has 84 heavy (non-hydrogen) atoms. The lowest BCUT2D eigenvalue weighted by molar-refractivity contribution is -0.156. The first-order valence-electron chi connectivity index (χ1n) is 26.6. The lowest BCUT2D eigenvalue weighted by Crippen LogP contribution is -2.30. The molecule has 0 bridgehead atoms. The molecule has 446 valence electrons. The number of aromatic amines is 1. The number of carbonyl (C=O) groups is 5. The number of nitrogens with zero attached hydrogens (tertiary/aromatic N) is 7. The van der Waals surface area contributed by atoms with Crippen molar-refractivity contribution >= 4 is 63.4 Å². The molecule has 2 aliphatic heterocycles. The number of halogens is 3. The van der Waals surface area contributed by atoms with Crippen molar-refractivity contribution in [1.82, 2.24) is 39.6 Å². The normalized spacial score (nSPS) is 15.0. The highest BCUT2D eigenvalue weighted by Gasteiger charge is 2.29. The summed E-state index contributed by atoms with van der Waals surface area (Å²) >= 11 is 0. The number of benzene rings is 5. The molecule has 4 amide bonds. The van der Waals surface area contributed by atoms with Gasteiger partial charge in [0.05, 0.1) is 46.6 Å². The van der Waals surface area contributed by atoms with Crippen molar-refractivity contribution in [2.75, 3.05) is 85.2 Å². The Balaban J connectivity index is 0.000000248. The Bertz CT molecular complexity index is 3490. The average Bonchev–Trinajstić information content (AvgIpc) is 2.19. The summed E-state index contributed by atoms with van der Waals surface area (Å²) in [6.45, 7) is 8.23. The molecule has 0 saturated carbocycles. The first kappa shape index (κ1) is 64.0. The molecule has 2 aromatic heterocycles. The Morgan fingerprint density at radius 1 is 0.702 bits per heavy atom. The standard InChI is InChI=1S/C33H38N6O4.C25H30N6O3.C2HF3O.CH4/c1-22-10-15-28(26(19-22)32(34)41)43-29-8-5-7-27-31(29)33(36-39(27)20-23-11-13-25(42-4)14-12-23)35-24-16-18-38(21-24)30(40)9-6-17-37(2)3;1-16-9-10-20(18(14-16)24(26)33)34-21-7-4-6-19-23(21)25(29-28-19)27-17-11-13-31(15-17)22(32)8-5-12-30(2)3;3-2(4,5)1-6;/h5-15,19,24H,16-18,20-21H2,1-4H3,(H2,34,41)(H,35,36);4-10,14,17H,11-13,15H2,1-3H3,(H2,26,33)(H2,27,28,29);1H;1H4/b9-6+;8-5+;;/t24-;17-;;/m11../s1. The van der Waals surface area contributed by atoms with Crippen LogP contribution in [0.2, 0.25) is 0 Å². The number of aryl methyl sites for hydroxylation is 2. The van der Waals surface area contributed by atoms with Gasteiger partial charge < -0.3 is 55.9 Å². The second kappa shape index (κ2) is 29.2. The van der Waals surface area contributed by atoms with Crippen molar-refractivity contribution in [3.05, 3.63) is 149 Å². The largest absolute Gasteiger partial charge is 0.497 e. The van der Waals surface area contributed by atoms with Crippen LogP contribution in [0, 0.1) is 13.8 Å². The summed E-state index contributed by atoms with van der Waals surface area (Å²) in [5.41, 5.74) is 16.4. The summed E-state index contributed by atoms with van der Waals surface area (Å²) in [6, 6.07) is 30.0. The summed E-state index contributed by atoms with van der Waals surface area (Å²) in [5.74, 6) is 2.84. The van der Waals surface area contributed by atoms with Crippen LogP contribution in [0.4, 0.5) is 24.8 Å². The van der Waals surface area contributed by atoms with E-state index in [1.807, 2.05) is 151 Å². The van der Waals surface area contributed by atoms with Crippen molar-refractivity contribution in [2.45, 2.75) is 58.9 Å². The lowest BCUT2D eigenvalue weighted by atomic mass is 10.1. The van der Waals surface area contributed by atoms with Crippen molar-refractivity contribution in [1.29, 1.82) is 0 Å². The number of hydrogen-bond donors (Lipinski definition) is 5. The number of nitrogens with one attached hydrogen (secondary N) is 3. The van der Waals surface area contributed by atoms with Gasteiger partial charge in [0.15, 0.2) is 11.6 Å². The van der Waals surface area contributed by atoms with Crippen LogP contribution in [0.3, 0.4) is 0 Å². The summed E-state index contributed by atoms with van der Waals surface area (Å²) in [4.78, 5) is 65.8. The minimum atomic E-state index is -4.64. The highest BCUT2D eigenvalue weighted by molar-refractivity contribution is 5.99. The maximum Gasteiger partial charge on any atom is 0.446 e. The van der Waals surface area contributed by atoms with Gasteiger partial charge in [0.25, 0.3) is 11.8 Å². The van der Waals surface area contributed by atoms with Crippen LogP contribution in [-0.2, 0) is 20.9 Å². The second-order valence-corrected chi connectivity index (χ2v) is 20.5. The monoisotopic (exact) mass is 1160 g/mol. The number of alkyl halides is 3. The van der Waals surface area contributed by atoms with Gasteiger partial charge in [-0.05, 0) is 121 Å². The summed E-state index contributed by atoms with van der Waals surface area (Å²) in [7, 11) is 9.50. The fourth-order valence-corrected chi connectivity index (χ4v) is 9.21. The van der Waals surface area contributed by atoms with Crippen LogP contribution < -0.4 is 36.3 Å². The van der Waals surface area contributed by atoms with E-state index >= 15 is 0 Å². The Morgan fingerprint density at radius 3 is 1.67 bits per heavy atom. The first-order valence-corrected chi connectivity index (χ1v) is 26.6. The molecule has 2 saturated heterocycles. The van der Waals surface area contributed by atoms with E-state index in [9.17, 15) is 32.3 Å². The zero-order valence-electron chi connectivity index (χ0n) is 47.3. The molecular weight excluding hydrogens is 1090 g/mol. The van der Waals surface area contributed by atoms with Crippen molar-refractivity contribution < 1.29 is 51.4 Å². The lowest BCUT2D eigenvalue weighted by Gasteiger charge is -2.16. The Morgan fingerprint density at radius 2 is 1.19 bits per heavy atom. The molecule has 9 rings (SSSR count). The molecular formula is C61H73F3N12O8. The second-order valence-electron chi connectivity index (χ2n) is 20.5. The minimum absolute atomic E-state index is 0. The van der Waals surface area contributed by atoms with Crippen LogP contribution in [0.1, 0.15) is 57.7 Å².